The van der Waals surface area contributed by atoms with Gasteiger partial charge >= 0.3 is 0 Å². The van der Waals surface area contributed by atoms with Gasteiger partial charge in [-0.25, -0.2) is 0 Å². The number of amides is 1. The number of rotatable bonds is 3. The van der Waals surface area contributed by atoms with Gasteiger partial charge in [0.25, 0.3) is 0 Å². The Morgan fingerprint density at radius 3 is 2.72 bits per heavy atom. The number of likely N-dealkylation sites (tertiary alicyclic amines) is 1. The first-order valence-electron chi connectivity index (χ1n) is 6.30. The summed E-state index contributed by atoms with van der Waals surface area (Å²) in [7, 11) is 0. The van der Waals surface area contributed by atoms with E-state index in [1.54, 1.807) is 0 Å². The van der Waals surface area contributed by atoms with Crippen LogP contribution in [-0.4, -0.2) is 29.4 Å². The molecule has 1 fully saturated rings. The maximum atomic E-state index is 12.3. The minimum atomic E-state index is -0.163. The molecule has 1 heterocycles. The van der Waals surface area contributed by atoms with Crippen molar-refractivity contribution in [1.82, 2.24) is 4.90 Å². The van der Waals surface area contributed by atoms with Crippen molar-refractivity contribution >= 4 is 17.5 Å². The van der Waals surface area contributed by atoms with Crippen LogP contribution in [0.15, 0.2) is 24.3 Å². The lowest BCUT2D eigenvalue weighted by atomic mass is 9.98. The zero-order valence-corrected chi connectivity index (χ0v) is 11.4. The maximum Gasteiger partial charge on any atom is 0.227 e. The Hall–Kier alpha value is -1.06. The fourth-order valence-corrected chi connectivity index (χ4v) is 2.66. The Morgan fingerprint density at radius 2 is 2.11 bits per heavy atom. The van der Waals surface area contributed by atoms with Crippen LogP contribution in [0.5, 0.6) is 0 Å². The maximum absolute atomic E-state index is 12.3. The zero-order chi connectivity index (χ0) is 13.2. The van der Waals surface area contributed by atoms with Crippen LogP contribution in [0.4, 0.5) is 0 Å². The summed E-state index contributed by atoms with van der Waals surface area (Å²) in [5, 5.41) is 0.694. The highest BCUT2D eigenvalue weighted by Crippen LogP contribution is 2.28. The van der Waals surface area contributed by atoms with E-state index in [0.29, 0.717) is 18.0 Å². The summed E-state index contributed by atoms with van der Waals surface area (Å²) in [5.41, 5.74) is 6.63. The van der Waals surface area contributed by atoms with Crippen molar-refractivity contribution in [3.05, 3.63) is 34.9 Å². The van der Waals surface area contributed by atoms with Gasteiger partial charge in [-0.1, -0.05) is 23.7 Å². The van der Waals surface area contributed by atoms with E-state index < -0.39 is 0 Å². The topological polar surface area (TPSA) is 46.3 Å². The Morgan fingerprint density at radius 1 is 1.44 bits per heavy atom. The molecular weight excluding hydrogens is 248 g/mol. The van der Waals surface area contributed by atoms with Gasteiger partial charge in [0.05, 0.1) is 12.0 Å². The molecule has 2 rings (SSSR count). The van der Waals surface area contributed by atoms with E-state index in [1.165, 1.54) is 0 Å². The van der Waals surface area contributed by atoms with E-state index in [9.17, 15) is 4.79 Å². The summed E-state index contributed by atoms with van der Waals surface area (Å²) in [4.78, 5) is 14.2. The summed E-state index contributed by atoms with van der Waals surface area (Å²) >= 11 is 5.83. The molecule has 0 radical (unpaired) electrons. The van der Waals surface area contributed by atoms with E-state index >= 15 is 0 Å². The van der Waals surface area contributed by atoms with Crippen molar-refractivity contribution < 1.29 is 4.79 Å². The Kier molecular flexibility index (Phi) is 3.93. The van der Waals surface area contributed by atoms with Gasteiger partial charge in [-0.2, -0.15) is 0 Å². The average molecular weight is 267 g/mol. The Bertz CT molecular complexity index is 432. The molecule has 0 aliphatic carbocycles. The number of nitrogens with zero attached hydrogens (tertiary/aromatic N) is 1. The number of nitrogens with two attached hydrogens (primary N) is 1. The summed E-state index contributed by atoms with van der Waals surface area (Å²) in [6.45, 7) is 3.42. The summed E-state index contributed by atoms with van der Waals surface area (Å²) < 4.78 is 0. The Labute approximate surface area is 113 Å². The monoisotopic (exact) mass is 266 g/mol. The van der Waals surface area contributed by atoms with Crippen molar-refractivity contribution in [1.29, 1.82) is 0 Å². The third-order valence-electron chi connectivity index (χ3n) is 3.76. The minimum absolute atomic E-state index is 0.155. The van der Waals surface area contributed by atoms with Gasteiger partial charge in [-0.15, -0.1) is 0 Å². The number of halogens is 1. The molecule has 18 heavy (non-hydrogen) atoms. The van der Waals surface area contributed by atoms with Crippen molar-refractivity contribution in [3.63, 3.8) is 0 Å². The molecule has 1 unspecified atom stereocenters. The van der Waals surface area contributed by atoms with Gasteiger partial charge in [0.2, 0.25) is 5.91 Å². The van der Waals surface area contributed by atoms with Crippen LogP contribution in [0.2, 0.25) is 5.02 Å². The predicted molar refractivity (Wildman–Crippen MR) is 73.6 cm³/mol. The van der Waals surface area contributed by atoms with Gasteiger partial charge in [0.1, 0.15) is 0 Å². The SMILES string of the molecule is CC1(CN)CCCN1C(=O)Cc1ccc(Cl)cc1. The fraction of sp³-hybridized carbons (Fsp3) is 0.500. The summed E-state index contributed by atoms with van der Waals surface area (Å²) in [6.07, 6.45) is 2.46. The van der Waals surface area contributed by atoms with Crippen molar-refractivity contribution in [2.24, 2.45) is 5.73 Å². The molecular formula is C14H19ClN2O. The predicted octanol–water partition coefficient (Wildman–Crippen LogP) is 2.22. The first-order valence-corrected chi connectivity index (χ1v) is 6.68. The quantitative estimate of drug-likeness (QED) is 0.912. The van der Waals surface area contributed by atoms with Gasteiger partial charge in [-0.3, -0.25) is 4.79 Å². The molecule has 3 nitrogen and oxygen atoms in total. The van der Waals surface area contributed by atoms with Gasteiger partial charge < -0.3 is 10.6 Å². The van der Waals surface area contributed by atoms with E-state index in [-0.39, 0.29) is 11.4 Å². The van der Waals surface area contributed by atoms with Crippen LogP contribution in [0.3, 0.4) is 0 Å². The third-order valence-corrected chi connectivity index (χ3v) is 4.01. The summed E-state index contributed by atoms with van der Waals surface area (Å²) in [6, 6.07) is 7.43. The molecule has 1 aliphatic heterocycles. The molecule has 0 aromatic heterocycles. The van der Waals surface area contributed by atoms with Crippen LogP contribution in [-0.2, 0) is 11.2 Å². The molecule has 1 saturated heterocycles. The van der Waals surface area contributed by atoms with E-state index in [4.69, 9.17) is 17.3 Å². The molecule has 1 aliphatic rings. The zero-order valence-electron chi connectivity index (χ0n) is 10.7. The largest absolute Gasteiger partial charge is 0.336 e. The van der Waals surface area contributed by atoms with Gasteiger partial charge in [-0.05, 0) is 37.5 Å². The highest BCUT2D eigenvalue weighted by molar-refractivity contribution is 6.30. The number of hydrogen-bond acceptors (Lipinski definition) is 2. The van der Waals surface area contributed by atoms with Gasteiger partial charge in [0, 0.05) is 18.1 Å². The molecule has 1 aromatic carbocycles. The number of carbonyl (C=O) groups is 1. The smallest absolute Gasteiger partial charge is 0.227 e. The van der Waals surface area contributed by atoms with Gasteiger partial charge in [0.15, 0.2) is 0 Å². The molecule has 0 spiro atoms. The molecule has 0 saturated carbocycles. The average Bonchev–Trinajstić information content (AvgIpc) is 2.75. The lowest BCUT2D eigenvalue weighted by Gasteiger charge is -2.34. The number of benzene rings is 1. The standard InChI is InChI=1S/C14H19ClN2O/c1-14(10-16)7-2-8-17(14)13(18)9-11-3-5-12(15)6-4-11/h3-6H,2,7-10,16H2,1H3. The Balaban J connectivity index is 2.06. The summed E-state index contributed by atoms with van der Waals surface area (Å²) in [5.74, 6) is 0.155. The highest BCUT2D eigenvalue weighted by Gasteiger charge is 2.37. The van der Waals surface area contributed by atoms with Crippen molar-refractivity contribution in [2.45, 2.75) is 31.7 Å². The van der Waals surface area contributed by atoms with E-state index in [1.807, 2.05) is 29.2 Å². The van der Waals surface area contributed by atoms with E-state index in [2.05, 4.69) is 6.92 Å². The third kappa shape index (κ3) is 2.68. The first kappa shape index (κ1) is 13.4. The normalized spacial score (nSPS) is 23.4. The van der Waals surface area contributed by atoms with Crippen LogP contribution >= 0.6 is 11.6 Å². The van der Waals surface area contributed by atoms with Crippen LogP contribution in [0.1, 0.15) is 25.3 Å². The molecule has 1 amide bonds. The second-order valence-corrected chi connectivity index (χ2v) is 5.59. The minimum Gasteiger partial charge on any atom is -0.336 e. The lowest BCUT2D eigenvalue weighted by Crippen LogP contribution is -2.50. The molecule has 1 aromatic rings. The second-order valence-electron chi connectivity index (χ2n) is 5.15. The second kappa shape index (κ2) is 5.29. The highest BCUT2D eigenvalue weighted by atomic mass is 35.5. The van der Waals surface area contributed by atoms with Crippen molar-refractivity contribution in [3.8, 4) is 0 Å². The molecule has 0 bridgehead atoms. The van der Waals surface area contributed by atoms with Crippen LogP contribution < -0.4 is 5.73 Å². The van der Waals surface area contributed by atoms with Crippen LogP contribution in [0.25, 0.3) is 0 Å². The fourth-order valence-electron chi connectivity index (χ4n) is 2.53. The molecule has 1 atom stereocenters. The van der Waals surface area contributed by atoms with Crippen LogP contribution in [0, 0.1) is 0 Å². The molecule has 2 N–H and O–H groups in total. The first-order chi connectivity index (χ1) is 8.55. The number of hydrogen-bond donors (Lipinski definition) is 1. The molecule has 4 heteroatoms. The number of carbonyl (C=O) groups excluding carboxylic acids is 1. The lowest BCUT2D eigenvalue weighted by molar-refractivity contribution is -0.133. The molecule has 98 valence electrons. The van der Waals surface area contributed by atoms with Crippen molar-refractivity contribution in [2.75, 3.05) is 13.1 Å². The van der Waals surface area contributed by atoms with E-state index in [0.717, 1.165) is 24.9 Å².